The predicted octanol–water partition coefficient (Wildman–Crippen LogP) is 8.77. The van der Waals surface area contributed by atoms with Crippen LogP contribution < -0.4 is 0 Å². The minimum absolute atomic E-state index is 0.00531. The molecule has 2 atom stereocenters. The molecule has 9 nitrogen and oxygen atoms in total. The van der Waals surface area contributed by atoms with E-state index in [9.17, 15) is 14.4 Å². The molecule has 45 heavy (non-hydrogen) atoms. The van der Waals surface area contributed by atoms with Gasteiger partial charge < -0.3 is 28.4 Å². The highest BCUT2D eigenvalue weighted by atomic mass is 16.7. The molecular formula is C36H66O9. The molecule has 0 saturated carbocycles. The van der Waals surface area contributed by atoms with Crippen LogP contribution in [0, 0.1) is 10.8 Å². The molecule has 0 aliphatic carbocycles. The van der Waals surface area contributed by atoms with Crippen LogP contribution in [0.4, 0.5) is 4.79 Å². The minimum Gasteiger partial charge on any atom is -0.462 e. The number of methoxy groups -OCH3 is 1. The van der Waals surface area contributed by atoms with Gasteiger partial charge in [-0.2, -0.15) is 0 Å². The first-order valence-corrected chi connectivity index (χ1v) is 16.6. The molecule has 0 aromatic heterocycles. The molecule has 1 aliphatic heterocycles. The fourth-order valence-corrected chi connectivity index (χ4v) is 2.69. The maximum atomic E-state index is 11.6. The van der Waals surface area contributed by atoms with E-state index in [1.165, 1.54) is 12.0 Å². The lowest BCUT2D eigenvalue weighted by Gasteiger charge is -2.20. The van der Waals surface area contributed by atoms with Crippen LogP contribution in [0.3, 0.4) is 0 Å². The van der Waals surface area contributed by atoms with E-state index in [0.717, 1.165) is 13.0 Å². The zero-order valence-corrected chi connectivity index (χ0v) is 30.8. The number of epoxide rings is 1. The van der Waals surface area contributed by atoms with E-state index in [1.807, 2.05) is 55.4 Å². The Bertz CT molecular complexity index is 849. The Labute approximate surface area is 275 Å². The fraction of sp³-hybridized carbons (Fsp3) is 0.750. The van der Waals surface area contributed by atoms with Gasteiger partial charge in [-0.1, -0.05) is 85.7 Å². The monoisotopic (exact) mass is 642 g/mol. The van der Waals surface area contributed by atoms with Gasteiger partial charge in [-0.3, -0.25) is 9.59 Å². The Morgan fingerprint density at radius 2 is 1.24 bits per heavy atom. The van der Waals surface area contributed by atoms with E-state index in [0.29, 0.717) is 32.0 Å². The molecule has 1 aliphatic rings. The molecule has 1 saturated heterocycles. The number of rotatable bonds is 15. The smallest absolute Gasteiger partial charge is 0.462 e. The number of hydrogen-bond donors (Lipinski definition) is 0. The second-order valence-corrected chi connectivity index (χ2v) is 11.2. The molecule has 0 amide bonds. The van der Waals surface area contributed by atoms with E-state index < -0.39 is 11.6 Å². The molecule has 1 fully saturated rings. The first-order chi connectivity index (χ1) is 21.3. The highest BCUT2D eigenvalue weighted by Gasteiger charge is 2.30. The first kappa shape index (κ1) is 46.8. The van der Waals surface area contributed by atoms with Gasteiger partial charge in [0.05, 0.1) is 24.0 Å². The van der Waals surface area contributed by atoms with Crippen molar-refractivity contribution in [1.29, 1.82) is 0 Å². The Hall–Kier alpha value is -2.65. The van der Waals surface area contributed by atoms with E-state index >= 15 is 0 Å². The summed E-state index contributed by atoms with van der Waals surface area (Å²) in [6.45, 7) is 25.7. The molecule has 0 spiro atoms. The Morgan fingerprint density at radius 1 is 0.778 bits per heavy atom. The third kappa shape index (κ3) is 25.3. The second kappa shape index (κ2) is 28.8. The Kier molecular flexibility index (Phi) is 29.9. The summed E-state index contributed by atoms with van der Waals surface area (Å²) in [7, 11) is 1.57. The standard InChI is InChI=1S/C13H24O6.C10H14.C9H16O3.2C2H6/c1-5-13(2,3)11(14)17-9-10-19-12(15)18-8-6-7-16-4;1-3-9(2)10-7-5-4-6-8-10;1-4-9(2,3)8(10)12-6-7-5-11-7;2*1-2/h5-10H2,1-4H3;4-9H,3H2,1-2H3;7H,4-6H2,1-3H3;2*1-2H3. The summed E-state index contributed by atoms with van der Waals surface area (Å²) in [4.78, 5) is 34.0. The van der Waals surface area contributed by atoms with Gasteiger partial charge in [0.1, 0.15) is 25.9 Å². The molecular weight excluding hydrogens is 576 g/mol. The molecule has 0 radical (unpaired) electrons. The van der Waals surface area contributed by atoms with Gasteiger partial charge >= 0.3 is 18.1 Å². The van der Waals surface area contributed by atoms with E-state index in [2.05, 4.69) is 44.2 Å². The Morgan fingerprint density at radius 3 is 1.69 bits per heavy atom. The average molecular weight is 643 g/mol. The van der Waals surface area contributed by atoms with Crippen molar-refractivity contribution in [3.05, 3.63) is 35.9 Å². The highest BCUT2D eigenvalue weighted by molar-refractivity contribution is 5.76. The van der Waals surface area contributed by atoms with Gasteiger partial charge in [0.2, 0.25) is 0 Å². The number of benzene rings is 1. The van der Waals surface area contributed by atoms with Crippen molar-refractivity contribution in [2.24, 2.45) is 10.8 Å². The lowest BCUT2D eigenvalue weighted by atomic mass is 9.91. The lowest BCUT2D eigenvalue weighted by molar-refractivity contribution is -0.155. The molecule has 0 N–H and O–H groups in total. The average Bonchev–Trinajstić information content (AvgIpc) is 3.91. The maximum Gasteiger partial charge on any atom is 0.508 e. The summed E-state index contributed by atoms with van der Waals surface area (Å²) in [5, 5.41) is 0. The number of esters is 2. The van der Waals surface area contributed by atoms with E-state index in [1.54, 1.807) is 21.0 Å². The molecule has 1 heterocycles. The lowest BCUT2D eigenvalue weighted by Crippen LogP contribution is -2.27. The molecule has 0 bridgehead atoms. The highest BCUT2D eigenvalue weighted by Crippen LogP contribution is 2.23. The van der Waals surface area contributed by atoms with Crippen LogP contribution >= 0.6 is 0 Å². The topological polar surface area (TPSA) is 110 Å². The second-order valence-electron chi connectivity index (χ2n) is 11.2. The van der Waals surface area contributed by atoms with Gasteiger partial charge in [0.25, 0.3) is 0 Å². The molecule has 1 aromatic carbocycles. The van der Waals surface area contributed by atoms with Gasteiger partial charge in [0.15, 0.2) is 0 Å². The van der Waals surface area contributed by atoms with Gasteiger partial charge in [-0.15, -0.1) is 0 Å². The molecule has 264 valence electrons. The van der Waals surface area contributed by atoms with Crippen LogP contribution in [0.2, 0.25) is 0 Å². The summed E-state index contributed by atoms with van der Waals surface area (Å²) >= 11 is 0. The molecule has 2 unspecified atom stereocenters. The van der Waals surface area contributed by atoms with Crippen LogP contribution in [0.1, 0.15) is 120 Å². The van der Waals surface area contributed by atoms with Crippen molar-refractivity contribution in [2.45, 2.75) is 121 Å². The van der Waals surface area contributed by atoms with Crippen molar-refractivity contribution >= 4 is 18.1 Å². The van der Waals surface area contributed by atoms with Crippen LogP contribution in [0.15, 0.2) is 30.3 Å². The normalized spacial score (nSPS) is 13.7. The summed E-state index contributed by atoms with van der Waals surface area (Å²) in [6, 6.07) is 10.6. The van der Waals surface area contributed by atoms with Gasteiger partial charge in [-0.05, 0) is 58.4 Å². The van der Waals surface area contributed by atoms with Crippen molar-refractivity contribution < 1.29 is 42.8 Å². The zero-order valence-electron chi connectivity index (χ0n) is 30.8. The van der Waals surface area contributed by atoms with Gasteiger partial charge in [-0.25, -0.2) is 4.79 Å². The van der Waals surface area contributed by atoms with Crippen molar-refractivity contribution in [3.63, 3.8) is 0 Å². The van der Waals surface area contributed by atoms with E-state index in [4.69, 9.17) is 28.4 Å². The number of carbonyl (C=O) groups is 3. The molecule has 2 rings (SSSR count). The largest absolute Gasteiger partial charge is 0.508 e. The third-order valence-electron chi connectivity index (χ3n) is 6.91. The summed E-state index contributed by atoms with van der Waals surface area (Å²) in [6.07, 6.45) is 2.74. The minimum atomic E-state index is -0.762. The SMILES string of the molecule is CC.CC.CCC(C)(C)C(=O)OCC1CO1.CCC(C)(C)C(=O)OCCOC(=O)OCCCOC.CCC(C)c1ccccc1. The van der Waals surface area contributed by atoms with Crippen molar-refractivity contribution in [2.75, 3.05) is 46.8 Å². The van der Waals surface area contributed by atoms with E-state index in [-0.39, 0.29) is 43.3 Å². The number of hydrogen-bond acceptors (Lipinski definition) is 9. The van der Waals surface area contributed by atoms with Crippen molar-refractivity contribution in [3.8, 4) is 0 Å². The third-order valence-corrected chi connectivity index (χ3v) is 6.91. The van der Waals surface area contributed by atoms with Crippen LogP contribution in [-0.4, -0.2) is 70.9 Å². The van der Waals surface area contributed by atoms with Crippen LogP contribution in [0.25, 0.3) is 0 Å². The van der Waals surface area contributed by atoms with Gasteiger partial charge in [0, 0.05) is 20.1 Å². The van der Waals surface area contributed by atoms with Crippen LogP contribution in [-0.2, 0) is 38.0 Å². The number of ether oxygens (including phenoxy) is 6. The zero-order chi connectivity index (χ0) is 35.3. The maximum absolute atomic E-state index is 11.6. The van der Waals surface area contributed by atoms with Crippen LogP contribution in [0.5, 0.6) is 0 Å². The molecule has 9 heteroatoms. The quantitative estimate of drug-likeness (QED) is 0.0802. The predicted molar refractivity (Wildman–Crippen MR) is 181 cm³/mol. The first-order valence-electron chi connectivity index (χ1n) is 16.6. The summed E-state index contributed by atoms with van der Waals surface area (Å²) in [5.41, 5.74) is 0.584. The summed E-state index contributed by atoms with van der Waals surface area (Å²) in [5.74, 6) is 0.286. The van der Waals surface area contributed by atoms with Crippen molar-refractivity contribution in [1.82, 2.24) is 0 Å². The Balaban J connectivity index is -0.000000583. The fourth-order valence-electron chi connectivity index (χ4n) is 2.69. The number of carbonyl (C=O) groups excluding carboxylic acids is 3. The molecule has 1 aromatic rings. The summed E-state index contributed by atoms with van der Waals surface area (Å²) < 4.78 is 29.3.